The van der Waals surface area contributed by atoms with Gasteiger partial charge in [0.1, 0.15) is 5.82 Å². The summed E-state index contributed by atoms with van der Waals surface area (Å²) in [5, 5.41) is 16.1. The highest BCUT2D eigenvalue weighted by atomic mass is 19.4. The summed E-state index contributed by atoms with van der Waals surface area (Å²) in [7, 11) is 0. The number of alkyl halides is 3. The average Bonchev–Trinajstić information content (AvgIpc) is 2.57. The summed E-state index contributed by atoms with van der Waals surface area (Å²) in [6, 6.07) is 6.14. The van der Waals surface area contributed by atoms with Crippen LogP contribution in [-0.2, 0) is 6.18 Å². The lowest BCUT2D eigenvalue weighted by atomic mass is 10.1. The van der Waals surface area contributed by atoms with Crippen LogP contribution >= 0.6 is 0 Å². The lowest BCUT2D eigenvalue weighted by Gasteiger charge is -2.09. The van der Waals surface area contributed by atoms with Gasteiger partial charge in [-0.2, -0.15) is 13.2 Å². The summed E-state index contributed by atoms with van der Waals surface area (Å²) < 4.78 is 37.3. The first-order chi connectivity index (χ1) is 12.2. The number of nitrogens with one attached hydrogen (secondary N) is 2. The molecule has 2 rings (SSSR count). The number of carbonyl (C=O) groups is 1. The number of nitrogens with zero attached hydrogens (tertiary/aromatic N) is 2. The molecule has 1 heterocycles. The lowest BCUT2D eigenvalue weighted by Crippen LogP contribution is -2.29. The van der Waals surface area contributed by atoms with Crippen LogP contribution in [0.1, 0.15) is 21.5 Å². The van der Waals surface area contributed by atoms with Gasteiger partial charge in [0.25, 0.3) is 11.6 Å². The van der Waals surface area contributed by atoms with E-state index in [0.717, 1.165) is 12.3 Å². The maximum atomic E-state index is 12.4. The number of hydrogen-bond donors (Lipinski definition) is 2. The number of rotatable bonds is 6. The highest BCUT2D eigenvalue weighted by Crippen LogP contribution is 2.28. The van der Waals surface area contributed by atoms with Crippen molar-refractivity contribution in [1.29, 1.82) is 0 Å². The normalized spacial score (nSPS) is 11.1. The van der Waals surface area contributed by atoms with E-state index >= 15 is 0 Å². The highest BCUT2D eigenvalue weighted by molar-refractivity contribution is 5.94. The fraction of sp³-hybridized carbons (Fsp3) is 0.250. The molecule has 0 aliphatic carbocycles. The third kappa shape index (κ3) is 4.91. The molecule has 0 bridgehead atoms. The monoisotopic (exact) mass is 368 g/mol. The average molecular weight is 368 g/mol. The summed E-state index contributed by atoms with van der Waals surface area (Å²) >= 11 is 0. The van der Waals surface area contributed by atoms with Gasteiger partial charge in [-0.05, 0) is 31.2 Å². The minimum atomic E-state index is -4.44. The van der Waals surface area contributed by atoms with E-state index in [0.29, 0.717) is 5.56 Å². The highest BCUT2D eigenvalue weighted by Gasteiger charge is 2.30. The van der Waals surface area contributed by atoms with E-state index in [-0.39, 0.29) is 30.2 Å². The Kier molecular flexibility index (Phi) is 5.75. The molecule has 0 spiro atoms. The van der Waals surface area contributed by atoms with Gasteiger partial charge in [0.05, 0.1) is 10.5 Å². The zero-order chi connectivity index (χ0) is 19.3. The maximum Gasteiger partial charge on any atom is 0.417 e. The molecule has 0 radical (unpaired) electrons. The van der Waals surface area contributed by atoms with E-state index in [1.165, 1.54) is 31.2 Å². The molecule has 26 heavy (non-hydrogen) atoms. The number of nitro groups is 1. The Morgan fingerprint density at radius 2 is 1.96 bits per heavy atom. The van der Waals surface area contributed by atoms with E-state index < -0.39 is 22.6 Å². The van der Waals surface area contributed by atoms with E-state index in [4.69, 9.17) is 0 Å². The second kappa shape index (κ2) is 7.81. The molecule has 0 atom stereocenters. The maximum absolute atomic E-state index is 12.4. The van der Waals surface area contributed by atoms with Crippen LogP contribution in [0.3, 0.4) is 0 Å². The van der Waals surface area contributed by atoms with Crippen LogP contribution in [0.25, 0.3) is 0 Å². The molecule has 138 valence electrons. The fourth-order valence-corrected chi connectivity index (χ4v) is 2.14. The second-order valence-corrected chi connectivity index (χ2v) is 5.37. The summed E-state index contributed by atoms with van der Waals surface area (Å²) in [6.45, 7) is 1.97. The van der Waals surface area contributed by atoms with Crippen LogP contribution < -0.4 is 10.6 Å². The van der Waals surface area contributed by atoms with Gasteiger partial charge in [-0.1, -0.05) is 0 Å². The molecule has 0 saturated carbocycles. The third-order valence-corrected chi connectivity index (χ3v) is 3.46. The second-order valence-electron chi connectivity index (χ2n) is 5.37. The Morgan fingerprint density at radius 1 is 1.23 bits per heavy atom. The fourth-order valence-electron chi connectivity index (χ4n) is 2.14. The van der Waals surface area contributed by atoms with Gasteiger partial charge in [-0.3, -0.25) is 14.9 Å². The van der Waals surface area contributed by atoms with Crippen LogP contribution in [0.15, 0.2) is 36.5 Å². The van der Waals surface area contributed by atoms with Crippen molar-refractivity contribution in [1.82, 2.24) is 10.3 Å². The van der Waals surface area contributed by atoms with Crippen LogP contribution in [0, 0.1) is 17.0 Å². The molecule has 1 amide bonds. The van der Waals surface area contributed by atoms with Gasteiger partial charge in [0, 0.05) is 36.5 Å². The summed E-state index contributed by atoms with van der Waals surface area (Å²) in [5.41, 5.74) is -0.267. The number of aromatic nitrogens is 1. The Bertz CT molecular complexity index is 807. The predicted octanol–water partition coefficient (Wildman–Crippen LogP) is 3.16. The predicted molar refractivity (Wildman–Crippen MR) is 87.9 cm³/mol. The van der Waals surface area contributed by atoms with Crippen molar-refractivity contribution in [2.24, 2.45) is 0 Å². The van der Waals surface area contributed by atoms with Crippen molar-refractivity contribution in [2.75, 3.05) is 18.4 Å². The van der Waals surface area contributed by atoms with Crippen LogP contribution in [-0.4, -0.2) is 28.9 Å². The number of aryl methyl sites for hydroxylation is 1. The zero-order valence-electron chi connectivity index (χ0n) is 13.6. The Labute approximate surface area is 146 Å². The number of halogens is 3. The minimum absolute atomic E-state index is 0.0726. The molecule has 0 saturated heterocycles. The van der Waals surface area contributed by atoms with Gasteiger partial charge >= 0.3 is 6.18 Å². The first-order valence-electron chi connectivity index (χ1n) is 7.49. The molecule has 10 heteroatoms. The first kappa shape index (κ1) is 19.2. The molecular weight excluding hydrogens is 353 g/mol. The standard InChI is InChI=1S/C16H15F3N4O3/c1-10-8-11(2-4-13(10)23(25)26)15(24)21-7-6-20-14-5-3-12(9-22-14)16(17,18)19/h2-5,8-9H,6-7H2,1H3,(H,20,22)(H,21,24). The molecule has 2 N–H and O–H groups in total. The Hall–Kier alpha value is -3.17. The van der Waals surface area contributed by atoms with Crippen molar-refractivity contribution >= 4 is 17.4 Å². The smallest absolute Gasteiger partial charge is 0.368 e. The van der Waals surface area contributed by atoms with E-state index in [2.05, 4.69) is 15.6 Å². The lowest BCUT2D eigenvalue weighted by molar-refractivity contribution is -0.385. The van der Waals surface area contributed by atoms with Crippen LogP contribution in [0.5, 0.6) is 0 Å². The molecule has 0 unspecified atom stereocenters. The van der Waals surface area contributed by atoms with Crippen molar-refractivity contribution in [3.05, 3.63) is 63.3 Å². The number of pyridine rings is 1. The number of benzene rings is 1. The number of hydrogen-bond acceptors (Lipinski definition) is 5. The summed E-state index contributed by atoms with van der Waals surface area (Å²) in [4.78, 5) is 25.9. The number of anilines is 1. The molecule has 0 aliphatic heterocycles. The molecule has 1 aromatic carbocycles. The number of nitro benzene ring substituents is 1. The van der Waals surface area contributed by atoms with Gasteiger partial charge in [-0.15, -0.1) is 0 Å². The molecule has 7 nitrogen and oxygen atoms in total. The number of amides is 1. The molecule has 1 aromatic heterocycles. The van der Waals surface area contributed by atoms with Crippen molar-refractivity contribution in [2.45, 2.75) is 13.1 Å². The van der Waals surface area contributed by atoms with Crippen LogP contribution in [0.4, 0.5) is 24.7 Å². The minimum Gasteiger partial charge on any atom is -0.368 e. The summed E-state index contributed by atoms with van der Waals surface area (Å²) in [5.74, 6) is -0.163. The Balaban J connectivity index is 1.83. The van der Waals surface area contributed by atoms with Gasteiger partial charge in [0.2, 0.25) is 0 Å². The molecule has 2 aromatic rings. The van der Waals surface area contributed by atoms with E-state index in [1.807, 2.05) is 0 Å². The van der Waals surface area contributed by atoms with Gasteiger partial charge in [0.15, 0.2) is 0 Å². The first-order valence-corrected chi connectivity index (χ1v) is 7.49. The van der Waals surface area contributed by atoms with Crippen LogP contribution in [0.2, 0.25) is 0 Å². The van der Waals surface area contributed by atoms with E-state index in [9.17, 15) is 28.1 Å². The SMILES string of the molecule is Cc1cc(C(=O)NCCNc2ccc(C(F)(F)F)cn2)ccc1[N+](=O)[O-]. The molecule has 0 aliphatic rings. The topological polar surface area (TPSA) is 97.2 Å². The van der Waals surface area contributed by atoms with E-state index in [1.54, 1.807) is 0 Å². The molecular formula is C16H15F3N4O3. The third-order valence-electron chi connectivity index (χ3n) is 3.46. The van der Waals surface area contributed by atoms with Crippen molar-refractivity contribution in [3.8, 4) is 0 Å². The number of carbonyl (C=O) groups excluding carboxylic acids is 1. The quantitative estimate of drug-likeness (QED) is 0.464. The van der Waals surface area contributed by atoms with Gasteiger partial charge < -0.3 is 10.6 Å². The van der Waals surface area contributed by atoms with Gasteiger partial charge in [-0.25, -0.2) is 4.98 Å². The molecule has 0 fully saturated rings. The largest absolute Gasteiger partial charge is 0.417 e. The summed E-state index contributed by atoms with van der Waals surface area (Å²) in [6.07, 6.45) is -3.72. The van der Waals surface area contributed by atoms with Crippen molar-refractivity contribution in [3.63, 3.8) is 0 Å². The van der Waals surface area contributed by atoms with Crippen molar-refractivity contribution < 1.29 is 22.9 Å². The zero-order valence-corrected chi connectivity index (χ0v) is 13.6. The Morgan fingerprint density at radius 3 is 2.50 bits per heavy atom.